The summed E-state index contributed by atoms with van der Waals surface area (Å²) in [5, 5.41) is 31.5. The first kappa shape index (κ1) is 72.2. The molecule has 12 heteroatoms. The molecule has 6 unspecified atom stereocenters. The number of aliphatic hydroxyl groups is 2. The zero-order valence-corrected chi connectivity index (χ0v) is 49.7. The summed E-state index contributed by atoms with van der Waals surface area (Å²) in [6.45, 7) is 5.98. The lowest BCUT2D eigenvalue weighted by molar-refractivity contribution is -0.301. The maximum atomic E-state index is 13.2. The number of carbonyl (C=O) groups excluding carboxylic acids is 3. The predicted octanol–water partition coefficient (Wildman–Crippen LogP) is 17.0. The normalized spacial score (nSPS) is 18.1. The molecular weight excluding hydrogens is 973 g/mol. The molecule has 1 aliphatic heterocycles. The Bertz CT molecular complexity index is 1430. The van der Waals surface area contributed by atoms with E-state index in [1.807, 2.05) is 0 Å². The summed E-state index contributed by atoms with van der Waals surface area (Å²) in [6.07, 6.45) is 50.0. The third kappa shape index (κ3) is 43.7. The van der Waals surface area contributed by atoms with Crippen molar-refractivity contribution in [3.05, 3.63) is 24.3 Å². The van der Waals surface area contributed by atoms with Crippen molar-refractivity contribution in [3.8, 4) is 0 Å². The summed E-state index contributed by atoms with van der Waals surface area (Å²) in [4.78, 5) is 51.2. The molecule has 6 atom stereocenters. The smallest absolute Gasteiger partial charge is 0.335 e. The van der Waals surface area contributed by atoms with Crippen LogP contribution in [-0.4, -0.2) is 89.2 Å². The van der Waals surface area contributed by atoms with Crippen LogP contribution in [0.3, 0.4) is 0 Å². The van der Waals surface area contributed by atoms with Crippen molar-refractivity contribution in [1.82, 2.24) is 0 Å². The fourth-order valence-electron chi connectivity index (χ4n) is 10.1. The van der Waals surface area contributed by atoms with Crippen LogP contribution in [0.15, 0.2) is 24.3 Å². The van der Waals surface area contributed by atoms with Gasteiger partial charge in [0.05, 0.1) is 6.61 Å². The lowest BCUT2D eigenvalue weighted by atomic mass is 9.98. The molecule has 0 aromatic heterocycles. The van der Waals surface area contributed by atoms with Crippen molar-refractivity contribution in [2.24, 2.45) is 0 Å². The molecule has 0 saturated carbocycles. The van der Waals surface area contributed by atoms with Gasteiger partial charge in [-0.3, -0.25) is 14.4 Å². The van der Waals surface area contributed by atoms with Gasteiger partial charge in [0.15, 0.2) is 24.6 Å². The fourth-order valence-corrected chi connectivity index (χ4v) is 10.1. The quantitative estimate of drug-likeness (QED) is 0.0228. The highest BCUT2D eigenvalue weighted by atomic mass is 16.7. The highest BCUT2D eigenvalue weighted by molar-refractivity contribution is 5.74. The second-order valence-corrected chi connectivity index (χ2v) is 22.4. The molecule has 0 aromatic rings. The van der Waals surface area contributed by atoms with Crippen LogP contribution in [-0.2, 0) is 42.9 Å². The van der Waals surface area contributed by atoms with Gasteiger partial charge in [0.25, 0.3) is 0 Å². The van der Waals surface area contributed by atoms with E-state index in [4.69, 9.17) is 23.7 Å². The molecular formula is C65H118O12. The zero-order chi connectivity index (χ0) is 56.1. The lowest BCUT2D eigenvalue weighted by Crippen LogP contribution is -2.61. The second kappa shape index (κ2) is 53.8. The van der Waals surface area contributed by atoms with Crippen LogP contribution in [0.5, 0.6) is 0 Å². The van der Waals surface area contributed by atoms with Crippen LogP contribution >= 0.6 is 0 Å². The number of allylic oxidation sites excluding steroid dienone is 4. The minimum Gasteiger partial charge on any atom is -0.479 e. The molecule has 0 radical (unpaired) electrons. The first-order valence-corrected chi connectivity index (χ1v) is 32.3. The average molecular weight is 1090 g/mol. The Hall–Kier alpha value is -2.80. The van der Waals surface area contributed by atoms with E-state index in [0.717, 1.165) is 89.9 Å². The number of unbranched alkanes of at least 4 members (excludes halogenated alkanes) is 38. The van der Waals surface area contributed by atoms with Crippen LogP contribution in [0, 0.1) is 0 Å². The van der Waals surface area contributed by atoms with Gasteiger partial charge in [-0.1, -0.05) is 276 Å². The van der Waals surface area contributed by atoms with Gasteiger partial charge in [0, 0.05) is 19.3 Å². The standard InChI is InChI=1S/C65H118O12/c1-4-7-10-13-16-19-22-25-27-28-29-30-32-34-36-39-42-45-48-51-57(66)73-54-56(75-58(67)52-49-46-43-40-38-35-31-26-23-20-17-14-11-8-5-2)55-74-65-63(61(70)60(69)62(77-65)64(71)72)76-59(68)53-50-47-44-41-37-33-24-21-18-15-12-9-6-3/h12,15,21,24,56,60-63,65,69-70H,4-11,13-14,16-20,22-23,25-55H2,1-3H3,(H,71,72)/b15-12-,24-21-. The first-order valence-electron chi connectivity index (χ1n) is 32.3. The SMILES string of the molecule is CCC/C=C\C/C=C\CCCCCCCC(=O)OC1C(OCC(COC(=O)CCCCCCCCCCCCCCCCCCCCC)OC(=O)CCCCCCCCCCCCCCCCC)OC(C(=O)O)C(O)C1O. The van der Waals surface area contributed by atoms with Crippen LogP contribution in [0.2, 0.25) is 0 Å². The van der Waals surface area contributed by atoms with E-state index in [-0.39, 0.29) is 25.9 Å². The number of carboxylic acid groups (broad SMARTS) is 1. The maximum Gasteiger partial charge on any atom is 0.335 e. The Morgan fingerprint density at radius 1 is 0.429 bits per heavy atom. The lowest BCUT2D eigenvalue weighted by Gasteiger charge is -2.40. The number of rotatable bonds is 56. The van der Waals surface area contributed by atoms with Crippen molar-refractivity contribution < 1.29 is 58.2 Å². The highest BCUT2D eigenvalue weighted by Gasteiger charge is 2.50. The number of hydrogen-bond acceptors (Lipinski definition) is 11. The number of carboxylic acids is 1. The molecule has 0 aliphatic carbocycles. The Kier molecular flexibility index (Phi) is 50.5. The van der Waals surface area contributed by atoms with Crippen molar-refractivity contribution >= 4 is 23.9 Å². The highest BCUT2D eigenvalue weighted by Crippen LogP contribution is 2.27. The average Bonchev–Trinajstić information content (AvgIpc) is 3.42. The number of esters is 3. The molecule has 0 spiro atoms. The molecule has 77 heavy (non-hydrogen) atoms. The summed E-state index contributed by atoms with van der Waals surface area (Å²) in [7, 11) is 0. The maximum absolute atomic E-state index is 13.2. The summed E-state index contributed by atoms with van der Waals surface area (Å²) in [5.74, 6) is -3.10. The first-order chi connectivity index (χ1) is 37.6. The van der Waals surface area contributed by atoms with Crippen LogP contribution in [0.4, 0.5) is 0 Å². The third-order valence-electron chi connectivity index (χ3n) is 15.0. The topological polar surface area (TPSA) is 175 Å². The summed E-state index contributed by atoms with van der Waals surface area (Å²) in [6, 6.07) is 0. The Balaban J connectivity index is 2.63. The molecule has 12 nitrogen and oxygen atoms in total. The number of hydrogen-bond donors (Lipinski definition) is 3. The molecule has 1 aliphatic rings. The summed E-state index contributed by atoms with van der Waals surface area (Å²) >= 11 is 0. The zero-order valence-electron chi connectivity index (χ0n) is 49.7. The van der Waals surface area contributed by atoms with Gasteiger partial charge < -0.3 is 39.0 Å². The van der Waals surface area contributed by atoms with E-state index in [1.165, 1.54) is 167 Å². The predicted molar refractivity (Wildman–Crippen MR) is 313 cm³/mol. The van der Waals surface area contributed by atoms with Gasteiger partial charge in [0.2, 0.25) is 0 Å². The Morgan fingerprint density at radius 2 is 0.805 bits per heavy atom. The molecule has 1 fully saturated rings. The molecule has 1 heterocycles. The van der Waals surface area contributed by atoms with E-state index < -0.39 is 67.3 Å². The monoisotopic (exact) mass is 1090 g/mol. The van der Waals surface area contributed by atoms with Crippen LogP contribution < -0.4 is 0 Å². The van der Waals surface area contributed by atoms with E-state index in [1.54, 1.807) is 0 Å². The minimum atomic E-state index is -1.90. The molecule has 3 N–H and O–H groups in total. The van der Waals surface area contributed by atoms with E-state index >= 15 is 0 Å². The largest absolute Gasteiger partial charge is 0.479 e. The Morgan fingerprint density at radius 3 is 1.22 bits per heavy atom. The van der Waals surface area contributed by atoms with Crippen molar-refractivity contribution in [3.63, 3.8) is 0 Å². The fraction of sp³-hybridized carbons (Fsp3) is 0.877. The molecule has 0 bridgehead atoms. The molecule has 1 rings (SSSR count). The van der Waals surface area contributed by atoms with E-state index in [2.05, 4.69) is 45.1 Å². The van der Waals surface area contributed by atoms with Gasteiger partial charge >= 0.3 is 23.9 Å². The van der Waals surface area contributed by atoms with Crippen molar-refractivity contribution in [1.29, 1.82) is 0 Å². The molecule has 0 amide bonds. The molecule has 450 valence electrons. The van der Waals surface area contributed by atoms with Crippen LogP contribution in [0.25, 0.3) is 0 Å². The van der Waals surface area contributed by atoms with E-state index in [9.17, 15) is 34.5 Å². The number of carbonyl (C=O) groups is 4. The number of aliphatic hydroxyl groups excluding tert-OH is 2. The van der Waals surface area contributed by atoms with Gasteiger partial charge in [-0.05, 0) is 44.9 Å². The van der Waals surface area contributed by atoms with Gasteiger partial charge in [-0.15, -0.1) is 0 Å². The number of aliphatic carboxylic acids is 1. The van der Waals surface area contributed by atoms with Crippen molar-refractivity contribution in [2.75, 3.05) is 13.2 Å². The summed E-state index contributed by atoms with van der Waals surface area (Å²) < 4.78 is 28.5. The van der Waals surface area contributed by atoms with Gasteiger partial charge in [-0.25, -0.2) is 4.79 Å². The van der Waals surface area contributed by atoms with Crippen LogP contribution in [0.1, 0.15) is 316 Å². The summed E-state index contributed by atoms with van der Waals surface area (Å²) in [5.41, 5.74) is 0. The minimum absolute atomic E-state index is 0.0490. The Labute approximate surface area is 470 Å². The number of ether oxygens (including phenoxy) is 5. The van der Waals surface area contributed by atoms with E-state index in [0.29, 0.717) is 19.3 Å². The van der Waals surface area contributed by atoms with Crippen molar-refractivity contribution in [2.45, 2.75) is 353 Å². The second-order valence-electron chi connectivity index (χ2n) is 22.4. The molecule has 1 saturated heterocycles. The third-order valence-corrected chi connectivity index (χ3v) is 15.0. The van der Waals surface area contributed by atoms with Gasteiger partial charge in [0.1, 0.15) is 18.8 Å². The van der Waals surface area contributed by atoms with Gasteiger partial charge in [-0.2, -0.15) is 0 Å². The molecule has 0 aromatic carbocycles.